The molecule has 1 aromatic rings. The summed E-state index contributed by atoms with van der Waals surface area (Å²) in [5.41, 5.74) is 6.67. The Bertz CT molecular complexity index is 470. The molecule has 1 aliphatic heterocycles. The van der Waals surface area contributed by atoms with Gasteiger partial charge in [0.2, 0.25) is 0 Å². The highest BCUT2D eigenvalue weighted by atomic mass is 16.5. The summed E-state index contributed by atoms with van der Waals surface area (Å²) in [7, 11) is 0. The molecule has 1 fully saturated rings. The van der Waals surface area contributed by atoms with Gasteiger partial charge in [-0.25, -0.2) is 0 Å². The molecule has 2 rings (SSSR count). The molecule has 0 spiro atoms. The summed E-state index contributed by atoms with van der Waals surface area (Å²) in [5.74, 6) is 0.564. The molecule has 2 N–H and O–H groups in total. The van der Waals surface area contributed by atoms with Gasteiger partial charge in [0, 0.05) is 18.8 Å². The standard InChI is InChI=1S/C14H19N3O2/c1-2-17-5-6-18-13(9-17)10-19-14-4-3-12(16)7-11(14)8-15/h3-4,7,13H,2,5-6,9-10,16H2,1H3. The van der Waals surface area contributed by atoms with Crippen molar-refractivity contribution in [3.63, 3.8) is 0 Å². The first-order valence-electron chi connectivity index (χ1n) is 6.49. The maximum absolute atomic E-state index is 9.03. The Balaban J connectivity index is 1.93. The van der Waals surface area contributed by atoms with Gasteiger partial charge in [-0.05, 0) is 24.7 Å². The van der Waals surface area contributed by atoms with Gasteiger partial charge >= 0.3 is 0 Å². The summed E-state index contributed by atoms with van der Waals surface area (Å²) in [6.45, 7) is 6.18. The SMILES string of the molecule is CCN1CCOC(COc2ccc(N)cc2C#N)C1. The highest BCUT2D eigenvalue weighted by molar-refractivity contribution is 5.53. The second-order valence-corrected chi connectivity index (χ2v) is 4.56. The number of likely N-dealkylation sites (N-methyl/N-ethyl adjacent to an activating group) is 1. The van der Waals surface area contributed by atoms with Gasteiger partial charge in [0.1, 0.15) is 24.5 Å². The van der Waals surface area contributed by atoms with Crippen LogP contribution in [-0.4, -0.2) is 43.9 Å². The Kier molecular flexibility index (Phi) is 4.61. The fourth-order valence-corrected chi connectivity index (χ4v) is 2.11. The van der Waals surface area contributed by atoms with E-state index in [-0.39, 0.29) is 6.10 Å². The summed E-state index contributed by atoms with van der Waals surface area (Å²) in [6.07, 6.45) is 0.0535. The van der Waals surface area contributed by atoms with Crippen molar-refractivity contribution in [3.05, 3.63) is 23.8 Å². The fraction of sp³-hybridized carbons (Fsp3) is 0.500. The average Bonchev–Trinajstić information content (AvgIpc) is 2.46. The van der Waals surface area contributed by atoms with Gasteiger partial charge in [-0.1, -0.05) is 6.92 Å². The van der Waals surface area contributed by atoms with Gasteiger partial charge in [-0.2, -0.15) is 5.26 Å². The molecule has 0 amide bonds. The van der Waals surface area contributed by atoms with Gasteiger partial charge < -0.3 is 15.2 Å². The third kappa shape index (κ3) is 3.60. The second-order valence-electron chi connectivity index (χ2n) is 4.56. The summed E-state index contributed by atoms with van der Waals surface area (Å²) >= 11 is 0. The first-order valence-corrected chi connectivity index (χ1v) is 6.49. The van der Waals surface area contributed by atoms with Crippen LogP contribution in [0.25, 0.3) is 0 Å². The van der Waals surface area contributed by atoms with Crippen LogP contribution in [0.5, 0.6) is 5.75 Å². The number of nitrogen functional groups attached to an aromatic ring is 1. The van der Waals surface area contributed by atoms with Crippen LogP contribution >= 0.6 is 0 Å². The van der Waals surface area contributed by atoms with Crippen LogP contribution in [0.2, 0.25) is 0 Å². The van der Waals surface area contributed by atoms with Gasteiger partial charge in [0.25, 0.3) is 0 Å². The van der Waals surface area contributed by atoms with E-state index in [0.717, 1.165) is 26.2 Å². The van der Waals surface area contributed by atoms with Crippen molar-refractivity contribution in [1.29, 1.82) is 5.26 Å². The topological polar surface area (TPSA) is 71.5 Å². The van der Waals surface area contributed by atoms with Crippen LogP contribution in [0.1, 0.15) is 12.5 Å². The molecule has 1 aliphatic rings. The number of morpholine rings is 1. The molecular formula is C14H19N3O2. The third-order valence-corrected chi connectivity index (χ3v) is 3.22. The van der Waals surface area contributed by atoms with E-state index in [1.807, 2.05) is 0 Å². The quantitative estimate of drug-likeness (QED) is 0.826. The monoisotopic (exact) mass is 261 g/mol. The van der Waals surface area contributed by atoms with Crippen molar-refractivity contribution in [2.24, 2.45) is 0 Å². The van der Waals surface area contributed by atoms with E-state index in [9.17, 15) is 0 Å². The van der Waals surface area contributed by atoms with Crippen molar-refractivity contribution < 1.29 is 9.47 Å². The lowest BCUT2D eigenvalue weighted by atomic mass is 10.2. The lowest BCUT2D eigenvalue weighted by Crippen LogP contribution is -2.44. The predicted octanol–water partition coefficient (Wildman–Crippen LogP) is 1.24. The first kappa shape index (κ1) is 13.7. The fourth-order valence-electron chi connectivity index (χ4n) is 2.11. The molecular weight excluding hydrogens is 242 g/mol. The van der Waals surface area contributed by atoms with Crippen molar-refractivity contribution in [2.45, 2.75) is 13.0 Å². The maximum atomic E-state index is 9.03. The number of ether oxygens (including phenoxy) is 2. The molecule has 0 radical (unpaired) electrons. The number of nitrogens with zero attached hydrogens (tertiary/aromatic N) is 2. The second kappa shape index (κ2) is 6.41. The van der Waals surface area contributed by atoms with E-state index >= 15 is 0 Å². The molecule has 1 saturated heterocycles. The summed E-state index contributed by atoms with van der Waals surface area (Å²) in [6, 6.07) is 7.17. The normalized spacial score (nSPS) is 19.9. The minimum atomic E-state index is 0.0535. The third-order valence-electron chi connectivity index (χ3n) is 3.22. The van der Waals surface area contributed by atoms with E-state index < -0.39 is 0 Å². The molecule has 1 unspecified atom stereocenters. The molecule has 0 bridgehead atoms. The van der Waals surface area contributed by atoms with Crippen LogP contribution in [0.3, 0.4) is 0 Å². The number of hydrogen-bond donors (Lipinski definition) is 1. The average molecular weight is 261 g/mol. The molecule has 1 aromatic carbocycles. The number of rotatable bonds is 4. The van der Waals surface area contributed by atoms with E-state index in [4.69, 9.17) is 20.5 Å². The van der Waals surface area contributed by atoms with Crippen LogP contribution in [0.15, 0.2) is 18.2 Å². The van der Waals surface area contributed by atoms with Gasteiger partial charge in [-0.3, -0.25) is 4.90 Å². The Morgan fingerprint density at radius 2 is 2.42 bits per heavy atom. The highest BCUT2D eigenvalue weighted by Crippen LogP contribution is 2.21. The van der Waals surface area contributed by atoms with Gasteiger partial charge in [0.05, 0.1) is 12.2 Å². The molecule has 1 heterocycles. The lowest BCUT2D eigenvalue weighted by Gasteiger charge is -2.31. The summed E-state index contributed by atoms with van der Waals surface area (Å²) in [4.78, 5) is 2.33. The number of anilines is 1. The Labute approximate surface area is 113 Å². The zero-order valence-corrected chi connectivity index (χ0v) is 11.1. The minimum Gasteiger partial charge on any atom is -0.489 e. The van der Waals surface area contributed by atoms with Crippen LogP contribution < -0.4 is 10.5 Å². The van der Waals surface area contributed by atoms with E-state index in [1.54, 1.807) is 18.2 Å². The van der Waals surface area contributed by atoms with Gasteiger partial charge in [0.15, 0.2) is 0 Å². The smallest absolute Gasteiger partial charge is 0.137 e. The predicted molar refractivity (Wildman–Crippen MR) is 72.9 cm³/mol. The number of hydrogen-bond acceptors (Lipinski definition) is 5. The zero-order valence-electron chi connectivity index (χ0n) is 11.1. The Morgan fingerprint density at radius 1 is 1.58 bits per heavy atom. The zero-order chi connectivity index (χ0) is 13.7. The van der Waals surface area contributed by atoms with E-state index in [0.29, 0.717) is 23.6 Å². The van der Waals surface area contributed by atoms with E-state index in [1.165, 1.54) is 0 Å². The van der Waals surface area contributed by atoms with Crippen molar-refractivity contribution in [3.8, 4) is 11.8 Å². The highest BCUT2D eigenvalue weighted by Gasteiger charge is 2.20. The van der Waals surface area contributed by atoms with Crippen LogP contribution in [0.4, 0.5) is 5.69 Å². The van der Waals surface area contributed by atoms with Crippen LogP contribution in [-0.2, 0) is 4.74 Å². The molecule has 5 nitrogen and oxygen atoms in total. The number of benzene rings is 1. The maximum Gasteiger partial charge on any atom is 0.137 e. The largest absolute Gasteiger partial charge is 0.489 e. The first-order chi connectivity index (χ1) is 9.22. The van der Waals surface area contributed by atoms with Crippen LogP contribution in [0, 0.1) is 11.3 Å². The summed E-state index contributed by atoms with van der Waals surface area (Å²) in [5, 5.41) is 9.03. The molecule has 5 heteroatoms. The molecule has 0 aromatic heterocycles. The molecule has 0 saturated carbocycles. The molecule has 1 atom stereocenters. The van der Waals surface area contributed by atoms with Crippen molar-refractivity contribution in [2.75, 3.05) is 38.6 Å². The Hall–Kier alpha value is -1.77. The van der Waals surface area contributed by atoms with Crippen molar-refractivity contribution >= 4 is 5.69 Å². The number of nitrogens with two attached hydrogens (primary N) is 1. The lowest BCUT2D eigenvalue weighted by molar-refractivity contribution is -0.0464. The molecule has 19 heavy (non-hydrogen) atoms. The minimum absolute atomic E-state index is 0.0535. The number of nitriles is 1. The Morgan fingerprint density at radius 3 is 3.16 bits per heavy atom. The van der Waals surface area contributed by atoms with Gasteiger partial charge in [-0.15, -0.1) is 0 Å². The molecule has 102 valence electrons. The summed E-state index contributed by atoms with van der Waals surface area (Å²) < 4.78 is 11.3. The molecule has 0 aliphatic carbocycles. The van der Waals surface area contributed by atoms with E-state index in [2.05, 4.69) is 17.9 Å². The van der Waals surface area contributed by atoms with Crippen molar-refractivity contribution in [1.82, 2.24) is 4.90 Å².